The third kappa shape index (κ3) is 8.07. The van der Waals surface area contributed by atoms with E-state index < -0.39 is 0 Å². The number of hydrogen-bond acceptors (Lipinski definition) is 4. The van der Waals surface area contributed by atoms with E-state index in [1.807, 2.05) is 0 Å². The second-order valence-corrected chi connectivity index (χ2v) is 3.65. The Hall–Kier alpha value is -0.950. The van der Waals surface area contributed by atoms with Gasteiger partial charge in [0.1, 0.15) is 0 Å². The number of aliphatic hydroxyl groups excluding tert-OH is 1. The predicted molar refractivity (Wildman–Crippen MR) is 59.9 cm³/mol. The van der Waals surface area contributed by atoms with Gasteiger partial charge in [-0.25, -0.2) is 4.79 Å². The van der Waals surface area contributed by atoms with Crippen molar-refractivity contribution >= 4 is 24.6 Å². The van der Waals surface area contributed by atoms with Gasteiger partial charge in [-0.1, -0.05) is 0 Å². The number of hydrogen-bond donors (Lipinski definition) is 5. The fourth-order valence-corrected chi connectivity index (χ4v) is 0.833. The van der Waals surface area contributed by atoms with Crippen LogP contribution in [0.3, 0.4) is 0 Å². The molecule has 6 nitrogen and oxygen atoms in total. The molecule has 0 bridgehead atoms. The van der Waals surface area contributed by atoms with Gasteiger partial charge in [-0.2, -0.15) is 12.6 Å². The monoisotopic (exact) mass is 235 g/mol. The van der Waals surface area contributed by atoms with E-state index in [1.54, 1.807) is 6.92 Å². The number of thiol groups is 1. The van der Waals surface area contributed by atoms with Crippen LogP contribution in [0.25, 0.3) is 0 Å². The molecule has 0 rings (SSSR count). The lowest BCUT2D eigenvalue weighted by Crippen LogP contribution is -2.42. The van der Waals surface area contributed by atoms with E-state index in [2.05, 4.69) is 28.6 Å². The molecular formula is C8H17N3O3S. The highest BCUT2D eigenvalue weighted by Gasteiger charge is 2.05. The third-order valence-corrected chi connectivity index (χ3v) is 1.72. The molecule has 4 N–H and O–H groups in total. The molecule has 88 valence electrons. The third-order valence-electron chi connectivity index (χ3n) is 1.49. The summed E-state index contributed by atoms with van der Waals surface area (Å²) >= 11 is 3.94. The summed E-state index contributed by atoms with van der Waals surface area (Å²) in [6.07, 6.45) is 0. The van der Waals surface area contributed by atoms with Gasteiger partial charge in [0.25, 0.3) is 0 Å². The van der Waals surface area contributed by atoms with E-state index in [4.69, 9.17) is 5.11 Å². The quantitative estimate of drug-likeness (QED) is 0.293. The van der Waals surface area contributed by atoms with Gasteiger partial charge in [-0.15, -0.1) is 0 Å². The molecule has 0 spiro atoms. The van der Waals surface area contributed by atoms with Gasteiger partial charge < -0.3 is 21.1 Å². The summed E-state index contributed by atoms with van der Waals surface area (Å²) in [6.45, 7) is 2.48. The summed E-state index contributed by atoms with van der Waals surface area (Å²) in [6, 6.07) is -0.364. The van der Waals surface area contributed by atoms with Crippen LogP contribution >= 0.6 is 12.6 Å². The Kier molecular flexibility index (Phi) is 7.84. The minimum atomic E-state index is -0.364. The average molecular weight is 235 g/mol. The number of amides is 3. The van der Waals surface area contributed by atoms with E-state index in [0.717, 1.165) is 0 Å². The van der Waals surface area contributed by atoms with Crippen LogP contribution in [-0.4, -0.2) is 48.5 Å². The Bertz CT molecular complexity index is 211. The van der Waals surface area contributed by atoms with Crippen LogP contribution in [-0.2, 0) is 4.79 Å². The van der Waals surface area contributed by atoms with Crippen molar-refractivity contribution in [3.63, 3.8) is 0 Å². The summed E-state index contributed by atoms with van der Waals surface area (Å²) in [5, 5.41) is 15.6. The zero-order chi connectivity index (χ0) is 11.7. The first-order valence-electron chi connectivity index (χ1n) is 4.66. The summed E-state index contributed by atoms with van der Waals surface area (Å²) in [4.78, 5) is 21.9. The first-order chi connectivity index (χ1) is 7.07. The standard InChI is InChI=1S/C8H17N3O3S/c1-6(15)7(13)9-2-3-10-8(14)11-4-5-12/h6,12,15H,2-5H2,1H3,(H,9,13)(H2,10,11,14). The van der Waals surface area contributed by atoms with Crippen LogP contribution in [0.5, 0.6) is 0 Å². The van der Waals surface area contributed by atoms with Crippen molar-refractivity contribution in [2.45, 2.75) is 12.2 Å². The minimum Gasteiger partial charge on any atom is -0.395 e. The highest BCUT2D eigenvalue weighted by molar-refractivity contribution is 7.81. The summed E-state index contributed by atoms with van der Waals surface area (Å²) in [7, 11) is 0. The molecule has 0 radical (unpaired) electrons. The van der Waals surface area contributed by atoms with Gasteiger partial charge >= 0.3 is 6.03 Å². The zero-order valence-electron chi connectivity index (χ0n) is 8.62. The number of aliphatic hydroxyl groups is 1. The molecule has 1 atom stereocenters. The molecule has 0 aromatic carbocycles. The molecule has 3 amide bonds. The lowest BCUT2D eigenvalue weighted by atomic mass is 10.4. The van der Waals surface area contributed by atoms with Crippen LogP contribution in [0.1, 0.15) is 6.92 Å². The maximum absolute atomic E-state index is 11.0. The Morgan fingerprint density at radius 1 is 1.20 bits per heavy atom. The first kappa shape index (κ1) is 14.1. The first-order valence-corrected chi connectivity index (χ1v) is 5.18. The fraction of sp³-hybridized carbons (Fsp3) is 0.750. The van der Waals surface area contributed by atoms with Gasteiger partial charge in [0, 0.05) is 19.6 Å². The van der Waals surface area contributed by atoms with Gasteiger partial charge in [0.05, 0.1) is 11.9 Å². The minimum absolute atomic E-state index is 0.0959. The van der Waals surface area contributed by atoms with E-state index >= 15 is 0 Å². The lowest BCUT2D eigenvalue weighted by Gasteiger charge is -2.08. The van der Waals surface area contributed by atoms with Crippen LogP contribution in [0.2, 0.25) is 0 Å². The zero-order valence-corrected chi connectivity index (χ0v) is 9.51. The van der Waals surface area contributed by atoms with Crippen molar-refractivity contribution in [3.8, 4) is 0 Å². The van der Waals surface area contributed by atoms with E-state index in [0.29, 0.717) is 13.1 Å². The molecule has 0 saturated carbocycles. The van der Waals surface area contributed by atoms with E-state index in [-0.39, 0.29) is 30.3 Å². The molecule has 0 fully saturated rings. The van der Waals surface area contributed by atoms with Gasteiger partial charge in [-0.3, -0.25) is 4.79 Å². The highest BCUT2D eigenvalue weighted by atomic mass is 32.1. The maximum Gasteiger partial charge on any atom is 0.314 e. The van der Waals surface area contributed by atoms with Gasteiger partial charge in [0.15, 0.2) is 0 Å². The van der Waals surface area contributed by atoms with Gasteiger partial charge in [0.2, 0.25) is 5.91 Å². The second-order valence-electron chi connectivity index (χ2n) is 2.87. The van der Waals surface area contributed by atoms with Crippen molar-refractivity contribution < 1.29 is 14.7 Å². The molecule has 0 aromatic rings. The maximum atomic E-state index is 11.0. The Morgan fingerprint density at radius 2 is 1.73 bits per heavy atom. The molecule has 0 aromatic heterocycles. The van der Waals surface area contributed by atoms with E-state index in [9.17, 15) is 9.59 Å². The molecule has 0 aliphatic heterocycles. The molecule has 1 unspecified atom stereocenters. The van der Waals surface area contributed by atoms with Crippen molar-refractivity contribution in [2.75, 3.05) is 26.2 Å². The van der Waals surface area contributed by atoms with Crippen LogP contribution in [0.15, 0.2) is 0 Å². The number of urea groups is 1. The molecule has 0 heterocycles. The second kappa shape index (κ2) is 8.37. The van der Waals surface area contributed by atoms with Crippen LogP contribution in [0, 0.1) is 0 Å². The van der Waals surface area contributed by atoms with Gasteiger partial charge in [-0.05, 0) is 6.92 Å². The van der Waals surface area contributed by atoms with Crippen molar-refractivity contribution in [3.05, 3.63) is 0 Å². The molecule has 0 saturated heterocycles. The SMILES string of the molecule is CC(S)C(=O)NCCNC(=O)NCCO. The number of rotatable bonds is 6. The summed E-state index contributed by atoms with van der Waals surface area (Å²) < 4.78 is 0. The number of carbonyl (C=O) groups excluding carboxylic acids is 2. The van der Waals surface area contributed by atoms with E-state index in [1.165, 1.54) is 0 Å². The summed E-state index contributed by atoms with van der Waals surface area (Å²) in [5.41, 5.74) is 0. The lowest BCUT2D eigenvalue weighted by molar-refractivity contribution is -0.120. The van der Waals surface area contributed by atoms with Crippen molar-refractivity contribution in [1.82, 2.24) is 16.0 Å². The summed E-state index contributed by atoms with van der Waals surface area (Å²) in [5.74, 6) is -0.170. The average Bonchev–Trinajstić information content (AvgIpc) is 2.20. The number of nitrogens with one attached hydrogen (secondary N) is 3. The fourth-order valence-electron chi connectivity index (χ4n) is 0.741. The van der Waals surface area contributed by atoms with Crippen molar-refractivity contribution in [2.24, 2.45) is 0 Å². The Balaban J connectivity index is 3.38. The molecular weight excluding hydrogens is 218 g/mol. The molecule has 7 heteroatoms. The normalized spacial score (nSPS) is 11.7. The topological polar surface area (TPSA) is 90.5 Å². The van der Waals surface area contributed by atoms with Crippen LogP contribution in [0.4, 0.5) is 4.79 Å². The molecule has 15 heavy (non-hydrogen) atoms. The smallest absolute Gasteiger partial charge is 0.314 e. The number of carbonyl (C=O) groups is 2. The Labute approximate surface area is 94.2 Å². The van der Waals surface area contributed by atoms with Crippen molar-refractivity contribution in [1.29, 1.82) is 0 Å². The van der Waals surface area contributed by atoms with Crippen LogP contribution < -0.4 is 16.0 Å². The predicted octanol–water partition coefficient (Wildman–Crippen LogP) is -1.29. The largest absolute Gasteiger partial charge is 0.395 e. The highest BCUT2D eigenvalue weighted by Crippen LogP contribution is 1.89. The molecule has 0 aliphatic rings. The molecule has 0 aliphatic carbocycles. The Morgan fingerprint density at radius 3 is 2.27 bits per heavy atom.